The molecule has 2 atom stereocenters. The molecule has 3 N–H and O–H groups in total. The summed E-state index contributed by atoms with van der Waals surface area (Å²) in [4.78, 5) is 37.1. The first kappa shape index (κ1) is 33.0. The van der Waals surface area contributed by atoms with Crippen molar-refractivity contribution in [1.29, 1.82) is 0 Å². The van der Waals surface area contributed by atoms with Gasteiger partial charge in [0, 0.05) is 11.4 Å². The molecular weight excluding hydrogens is 700 g/mol. The topological polar surface area (TPSA) is 136 Å². The average molecular weight is 728 g/mol. The minimum atomic E-state index is -1.12. The van der Waals surface area contributed by atoms with Gasteiger partial charge in [0.1, 0.15) is 11.8 Å². The lowest BCUT2D eigenvalue weighted by atomic mass is 10.1. The summed E-state index contributed by atoms with van der Waals surface area (Å²) in [7, 11) is 0. The number of benzene rings is 3. The molecule has 2 amide bonds. The standard InChI is InChI=1S/C29H28Cl2IN3O7/c1-3-40-25-13-19(11-22(32)27(25)41-16-26(36)37)15-33-35-29(39)23(12-18-7-5-4-6-8-18)34-28(38)17(2)42-24-10-9-20(30)14-21(24)31/h4-11,13-15,17,23H,3,12,16H2,1-2H3,(H,34,38)(H,35,39)(H,36,37)/b33-15-/t17-,23+/m0/s1. The van der Waals surface area contributed by atoms with Gasteiger partial charge in [0.25, 0.3) is 11.8 Å². The van der Waals surface area contributed by atoms with Crippen LogP contribution in [0.4, 0.5) is 0 Å². The fourth-order valence-electron chi connectivity index (χ4n) is 3.61. The zero-order valence-electron chi connectivity index (χ0n) is 22.6. The van der Waals surface area contributed by atoms with Crippen molar-refractivity contribution in [3.63, 3.8) is 0 Å². The molecule has 10 nitrogen and oxygen atoms in total. The van der Waals surface area contributed by atoms with E-state index < -0.39 is 36.5 Å². The second-order valence-corrected chi connectivity index (χ2v) is 10.8. The largest absolute Gasteiger partial charge is 0.490 e. The first-order valence-corrected chi connectivity index (χ1v) is 14.5. The predicted molar refractivity (Wildman–Crippen MR) is 168 cm³/mol. The van der Waals surface area contributed by atoms with Crippen LogP contribution in [0.1, 0.15) is 25.0 Å². The van der Waals surface area contributed by atoms with Crippen molar-refractivity contribution in [3.05, 3.63) is 85.4 Å². The van der Waals surface area contributed by atoms with Crippen molar-refractivity contribution in [1.82, 2.24) is 10.7 Å². The highest BCUT2D eigenvalue weighted by atomic mass is 127. The molecule has 0 radical (unpaired) electrons. The third kappa shape index (κ3) is 10.1. The van der Waals surface area contributed by atoms with E-state index in [1.54, 1.807) is 31.2 Å². The Bertz CT molecular complexity index is 1440. The fourth-order valence-corrected chi connectivity index (χ4v) is 4.84. The Morgan fingerprint density at radius 2 is 1.76 bits per heavy atom. The van der Waals surface area contributed by atoms with Crippen LogP contribution in [0.15, 0.2) is 65.8 Å². The number of hydrogen-bond donors (Lipinski definition) is 3. The van der Waals surface area contributed by atoms with Crippen molar-refractivity contribution in [3.8, 4) is 17.2 Å². The third-order valence-electron chi connectivity index (χ3n) is 5.54. The second-order valence-electron chi connectivity index (χ2n) is 8.77. The average Bonchev–Trinajstić information content (AvgIpc) is 2.94. The van der Waals surface area contributed by atoms with Crippen LogP contribution in [-0.4, -0.2) is 54.5 Å². The van der Waals surface area contributed by atoms with Crippen molar-refractivity contribution >= 4 is 69.8 Å². The van der Waals surface area contributed by atoms with E-state index >= 15 is 0 Å². The number of amides is 2. The highest BCUT2D eigenvalue weighted by Gasteiger charge is 2.25. The van der Waals surface area contributed by atoms with Gasteiger partial charge >= 0.3 is 5.97 Å². The molecule has 0 aliphatic heterocycles. The summed E-state index contributed by atoms with van der Waals surface area (Å²) in [6.07, 6.45) is 0.628. The minimum Gasteiger partial charge on any atom is -0.490 e. The zero-order valence-corrected chi connectivity index (χ0v) is 26.3. The number of ether oxygens (including phenoxy) is 3. The van der Waals surface area contributed by atoms with Crippen LogP contribution in [0.25, 0.3) is 0 Å². The van der Waals surface area contributed by atoms with Crippen LogP contribution in [0.2, 0.25) is 10.0 Å². The number of rotatable bonds is 14. The number of halogens is 3. The van der Waals surface area contributed by atoms with E-state index in [0.717, 1.165) is 5.56 Å². The SMILES string of the molecule is CCOc1cc(/C=N\NC(=O)[C@@H](Cc2ccccc2)NC(=O)[C@H](C)Oc2ccc(Cl)cc2Cl)cc(I)c1OCC(=O)O. The van der Waals surface area contributed by atoms with Crippen molar-refractivity contribution < 1.29 is 33.7 Å². The summed E-state index contributed by atoms with van der Waals surface area (Å²) in [6.45, 7) is 3.12. The van der Waals surface area contributed by atoms with Gasteiger partial charge in [-0.2, -0.15) is 5.10 Å². The van der Waals surface area contributed by atoms with E-state index in [1.807, 2.05) is 52.9 Å². The number of carbonyl (C=O) groups is 3. The van der Waals surface area contributed by atoms with Gasteiger partial charge in [-0.05, 0) is 77.9 Å². The van der Waals surface area contributed by atoms with Gasteiger partial charge in [-0.15, -0.1) is 0 Å². The van der Waals surface area contributed by atoms with E-state index in [2.05, 4.69) is 15.8 Å². The number of hydrazone groups is 1. The molecule has 0 aliphatic rings. The highest BCUT2D eigenvalue weighted by molar-refractivity contribution is 14.1. The Kier molecular flexibility index (Phi) is 12.7. The first-order valence-electron chi connectivity index (χ1n) is 12.7. The van der Waals surface area contributed by atoms with Crippen LogP contribution in [0.5, 0.6) is 17.2 Å². The van der Waals surface area contributed by atoms with E-state index in [9.17, 15) is 14.4 Å². The van der Waals surface area contributed by atoms with Gasteiger partial charge in [0.15, 0.2) is 24.2 Å². The Morgan fingerprint density at radius 1 is 1.02 bits per heavy atom. The maximum Gasteiger partial charge on any atom is 0.341 e. The predicted octanol–water partition coefficient (Wildman–Crippen LogP) is 5.11. The van der Waals surface area contributed by atoms with Crippen LogP contribution >= 0.6 is 45.8 Å². The molecular formula is C29H28Cl2IN3O7. The Balaban J connectivity index is 1.73. The molecule has 3 rings (SSSR count). The monoisotopic (exact) mass is 727 g/mol. The number of carbonyl (C=O) groups excluding carboxylic acids is 2. The first-order chi connectivity index (χ1) is 20.1. The molecule has 0 saturated heterocycles. The summed E-state index contributed by atoms with van der Waals surface area (Å²) in [6, 6.07) is 16.2. The lowest BCUT2D eigenvalue weighted by molar-refractivity contribution is -0.139. The molecule has 42 heavy (non-hydrogen) atoms. The maximum atomic E-state index is 13.2. The van der Waals surface area contributed by atoms with Crippen molar-refractivity contribution in [2.75, 3.05) is 13.2 Å². The maximum absolute atomic E-state index is 13.2. The molecule has 222 valence electrons. The lowest BCUT2D eigenvalue weighted by Crippen LogP contribution is -2.50. The van der Waals surface area contributed by atoms with E-state index in [1.165, 1.54) is 19.2 Å². The second kappa shape index (κ2) is 16.2. The molecule has 3 aromatic rings. The van der Waals surface area contributed by atoms with Gasteiger partial charge < -0.3 is 24.6 Å². The molecule has 0 bridgehead atoms. The minimum absolute atomic E-state index is 0.199. The normalized spacial score (nSPS) is 12.3. The van der Waals surface area contributed by atoms with Gasteiger partial charge in [0.05, 0.1) is 21.4 Å². The van der Waals surface area contributed by atoms with Crippen LogP contribution in [-0.2, 0) is 20.8 Å². The van der Waals surface area contributed by atoms with Crippen molar-refractivity contribution in [2.24, 2.45) is 5.10 Å². The van der Waals surface area contributed by atoms with Crippen LogP contribution < -0.4 is 25.0 Å². The molecule has 3 aromatic carbocycles. The number of carboxylic acids is 1. The molecule has 0 fully saturated rings. The number of aliphatic carboxylic acids is 1. The van der Waals surface area contributed by atoms with Gasteiger partial charge in [-0.25, -0.2) is 10.2 Å². The molecule has 0 spiro atoms. The fraction of sp³-hybridized carbons (Fsp3) is 0.241. The Morgan fingerprint density at radius 3 is 2.43 bits per heavy atom. The summed E-state index contributed by atoms with van der Waals surface area (Å²) in [5, 5.41) is 16.4. The summed E-state index contributed by atoms with van der Waals surface area (Å²) >= 11 is 14.1. The lowest BCUT2D eigenvalue weighted by Gasteiger charge is -2.21. The van der Waals surface area contributed by atoms with Crippen molar-refractivity contribution in [2.45, 2.75) is 32.4 Å². The van der Waals surface area contributed by atoms with E-state index in [0.29, 0.717) is 32.3 Å². The summed E-state index contributed by atoms with van der Waals surface area (Å²) in [5.41, 5.74) is 3.86. The summed E-state index contributed by atoms with van der Waals surface area (Å²) < 4.78 is 17.3. The zero-order chi connectivity index (χ0) is 30.6. The molecule has 0 saturated carbocycles. The third-order valence-corrected chi connectivity index (χ3v) is 6.87. The van der Waals surface area contributed by atoms with Gasteiger partial charge in [-0.3, -0.25) is 9.59 Å². The smallest absolute Gasteiger partial charge is 0.341 e. The highest BCUT2D eigenvalue weighted by Crippen LogP contribution is 2.34. The molecule has 0 aromatic heterocycles. The molecule has 0 aliphatic carbocycles. The number of carboxylic acid groups (broad SMARTS) is 1. The quantitative estimate of drug-likeness (QED) is 0.119. The van der Waals surface area contributed by atoms with Gasteiger partial charge in [-0.1, -0.05) is 53.5 Å². The number of nitrogens with one attached hydrogen (secondary N) is 2. The Labute approximate surface area is 266 Å². The van der Waals surface area contributed by atoms with E-state index in [-0.39, 0.29) is 17.2 Å². The van der Waals surface area contributed by atoms with Gasteiger partial charge in [0.2, 0.25) is 0 Å². The van der Waals surface area contributed by atoms with Crippen LogP contribution in [0.3, 0.4) is 0 Å². The van der Waals surface area contributed by atoms with Crippen LogP contribution in [0, 0.1) is 3.57 Å². The number of hydrogen-bond acceptors (Lipinski definition) is 7. The van der Waals surface area contributed by atoms with E-state index in [4.69, 9.17) is 42.5 Å². The Hall–Kier alpha value is -3.55. The molecule has 0 unspecified atom stereocenters. The molecule has 13 heteroatoms. The number of nitrogens with zero attached hydrogens (tertiary/aromatic N) is 1. The molecule has 0 heterocycles. The summed E-state index contributed by atoms with van der Waals surface area (Å²) in [5.74, 6) is -1.30.